The molecule has 0 bridgehead atoms. The maximum atomic E-state index is 3.92. The largest absolute Gasteiger partial charge is 0.314 e. The van der Waals surface area contributed by atoms with Crippen LogP contribution in [0.15, 0.2) is 12.2 Å². The van der Waals surface area contributed by atoms with Crippen LogP contribution in [0.1, 0.15) is 57.8 Å². The molecule has 3 rings (SSSR count). The van der Waals surface area contributed by atoms with E-state index in [9.17, 15) is 0 Å². The Morgan fingerprint density at radius 2 is 2.00 bits per heavy atom. The zero-order valence-corrected chi connectivity index (χ0v) is 12.2. The third kappa shape index (κ3) is 3.61. The second-order valence-electron chi connectivity index (χ2n) is 6.82. The fourth-order valence-corrected chi connectivity index (χ4v) is 4.33. The zero-order chi connectivity index (χ0) is 12.9. The van der Waals surface area contributed by atoms with Gasteiger partial charge in [0.15, 0.2) is 0 Å². The van der Waals surface area contributed by atoms with Crippen LogP contribution in [0, 0.1) is 11.8 Å². The molecule has 4 atom stereocenters. The zero-order valence-electron chi connectivity index (χ0n) is 12.2. The van der Waals surface area contributed by atoms with Gasteiger partial charge in [0.05, 0.1) is 0 Å². The molecule has 0 radical (unpaired) electrons. The maximum Gasteiger partial charge on any atom is 0.0110 e. The maximum absolute atomic E-state index is 3.92. The standard InChI is InChI=1S/C17H30N2/c1-2-7-14(8-3-1)13-19-17-11-6-9-15(17)16-10-4-5-12-18-16/h1-2,14-19H,3-13H2. The molecular formula is C17H30N2. The Balaban J connectivity index is 1.47. The molecule has 2 fully saturated rings. The minimum atomic E-state index is 0.793. The predicted molar refractivity (Wildman–Crippen MR) is 81.3 cm³/mol. The van der Waals surface area contributed by atoms with Gasteiger partial charge in [-0.1, -0.05) is 25.0 Å². The summed E-state index contributed by atoms with van der Waals surface area (Å²) in [6.07, 6.45) is 17.2. The monoisotopic (exact) mass is 262 g/mol. The van der Waals surface area contributed by atoms with E-state index < -0.39 is 0 Å². The van der Waals surface area contributed by atoms with Crippen molar-refractivity contribution in [3.63, 3.8) is 0 Å². The molecule has 108 valence electrons. The van der Waals surface area contributed by atoms with Gasteiger partial charge < -0.3 is 10.6 Å². The average molecular weight is 262 g/mol. The summed E-state index contributed by atoms with van der Waals surface area (Å²) in [6.45, 7) is 2.50. The van der Waals surface area contributed by atoms with Crippen LogP contribution in [0.4, 0.5) is 0 Å². The molecule has 0 aromatic rings. The van der Waals surface area contributed by atoms with Gasteiger partial charge in [0.1, 0.15) is 0 Å². The van der Waals surface area contributed by atoms with Gasteiger partial charge >= 0.3 is 0 Å². The van der Waals surface area contributed by atoms with Crippen LogP contribution < -0.4 is 10.6 Å². The Hall–Kier alpha value is -0.340. The number of allylic oxidation sites excluding steroid dienone is 2. The Morgan fingerprint density at radius 3 is 2.79 bits per heavy atom. The summed E-state index contributed by atoms with van der Waals surface area (Å²) < 4.78 is 0. The molecule has 2 nitrogen and oxygen atoms in total. The van der Waals surface area contributed by atoms with Crippen molar-refractivity contribution in [1.82, 2.24) is 10.6 Å². The molecule has 19 heavy (non-hydrogen) atoms. The van der Waals surface area contributed by atoms with Gasteiger partial charge in [-0.15, -0.1) is 0 Å². The Kier molecular flexibility index (Phi) is 4.95. The van der Waals surface area contributed by atoms with Crippen LogP contribution in [0.3, 0.4) is 0 Å². The van der Waals surface area contributed by atoms with Crippen molar-refractivity contribution in [2.24, 2.45) is 11.8 Å². The van der Waals surface area contributed by atoms with Gasteiger partial charge in [-0.3, -0.25) is 0 Å². The van der Waals surface area contributed by atoms with Gasteiger partial charge in [0.2, 0.25) is 0 Å². The van der Waals surface area contributed by atoms with E-state index >= 15 is 0 Å². The number of piperidine rings is 1. The molecule has 3 aliphatic rings. The molecule has 1 saturated heterocycles. The van der Waals surface area contributed by atoms with Crippen molar-refractivity contribution >= 4 is 0 Å². The van der Waals surface area contributed by atoms with E-state index in [1.807, 2.05) is 0 Å². The van der Waals surface area contributed by atoms with Gasteiger partial charge in [-0.25, -0.2) is 0 Å². The van der Waals surface area contributed by atoms with Crippen molar-refractivity contribution in [1.29, 1.82) is 0 Å². The van der Waals surface area contributed by atoms with Crippen LogP contribution in [-0.2, 0) is 0 Å². The fourth-order valence-electron chi connectivity index (χ4n) is 4.33. The van der Waals surface area contributed by atoms with Gasteiger partial charge in [0.25, 0.3) is 0 Å². The SMILES string of the molecule is C1=CCC(CNC2CCCC2C2CCCCN2)CC1. The lowest BCUT2D eigenvalue weighted by Gasteiger charge is -2.34. The Labute approximate surface area is 118 Å². The summed E-state index contributed by atoms with van der Waals surface area (Å²) in [5.74, 6) is 1.80. The van der Waals surface area contributed by atoms with Crippen LogP contribution >= 0.6 is 0 Å². The minimum absolute atomic E-state index is 0.793. The molecular weight excluding hydrogens is 232 g/mol. The van der Waals surface area contributed by atoms with E-state index in [2.05, 4.69) is 22.8 Å². The molecule has 2 heteroatoms. The predicted octanol–water partition coefficient (Wildman–Crippen LogP) is 3.24. The normalized spacial score (nSPS) is 39.6. The van der Waals surface area contributed by atoms with Crippen LogP contribution in [0.25, 0.3) is 0 Å². The highest BCUT2D eigenvalue weighted by Crippen LogP contribution is 2.32. The Morgan fingerprint density at radius 1 is 1.00 bits per heavy atom. The lowest BCUT2D eigenvalue weighted by Crippen LogP contribution is -2.47. The topological polar surface area (TPSA) is 24.1 Å². The van der Waals surface area contributed by atoms with Crippen LogP contribution in [-0.4, -0.2) is 25.2 Å². The highest BCUT2D eigenvalue weighted by atomic mass is 15.0. The quantitative estimate of drug-likeness (QED) is 0.760. The number of hydrogen-bond acceptors (Lipinski definition) is 2. The summed E-state index contributed by atoms with van der Waals surface area (Å²) in [5, 5.41) is 7.70. The molecule has 1 aliphatic heterocycles. The lowest BCUT2D eigenvalue weighted by atomic mass is 9.87. The molecule has 0 aromatic carbocycles. The number of rotatable bonds is 4. The molecule has 1 saturated carbocycles. The van der Waals surface area contributed by atoms with Crippen molar-refractivity contribution in [3.05, 3.63) is 12.2 Å². The van der Waals surface area contributed by atoms with E-state index in [1.54, 1.807) is 0 Å². The van der Waals surface area contributed by atoms with E-state index in [1.165, 1.54) is 70.9 Å². The number of hydrogen-bond donors (Lipinski definition) is 2. The molecule has 0 spiro atoms. The third-order valence-corrected chi connectivity index (χ3v) is 5.48. The first-order chi connectivity index (χ1) is 9.43. The number of nitrogens with one attached hydrogen (secondary N) is 2. The van der Waals surface area contributed by atoms with E-state index in [0.29, 0.717) is 0 Å². The minimum Gasteiger partial charge on any atom is -0.314 e. The second-order valence-corrected chi connectivity index (χ2v) is 6.82. The molecule has 4 unspecified atom stereocenters. The first-order valence-electron chi connectivity index (χ1n) is 8.55. The molecule has 2 N–H and O–H groups in total. The van der Waals surface area contributed by atoms with Crippen molar-refractivity contribution in [2.45, 2.75) is 69.9 Å². The summed E-state index contributed by atoms with van der Waals surface area (Å²) in [6, 6.07) is 1.60. The first kappa shape index (κ1) is 13.6. The summed E-state index contributed by atoms with van der Waals surface area (Å²) >= 11 is 0. The summed E-state index contributed by atoms with van der Waals surface area (Å²) in [7, 11) is 0. The van der Waals surface area contributed by atoms with E-state index in [4.69, 9.17) is 0 Å². The summed E-state index contributed by atoms with van der Waals surface area (Å²) in [4.78, 5) is 0. The van der Waals surface area contributed by atoms with Gasteiger partial charge in [0, 0.05) is 12.1 Å². The highest BCUT2D eigenvalue weighted by molar-refractivity contribution is 4.94. The van der Waals surface area contributed by atoms with Crippen LogP contribution in [0.5, 0.6) is 0 Å². The molecule has 2 aliphatic carbocycles. The third-order valence-electron chi connectivity index (χ3n) is 5.48. The van der Waals surface area contributed by atoms with Crippen molar-refractivity contribution in [3.8, 4) is 0 Å². The van der Waals surface area contributed by atoms with Crippen molar-refractivity contribution < 1.29 is 0 Å². The molecule has 0 amide bonds. The smallest absolute Gasteiger partial charge is 0.0110 e. The molecule has 1 heterocycles. The first-order valence-corrected chi connectivity index (χ1v) is 8.55. The summed E-state index contributed by atoms with van der Waals surface area (Å²) in [5.41, 5.74) is 0. The Bertz CT molecular complexity index is 294. The van der Waals surface area contributed by atoms with Gasteiger partial charge in [-0.05, 0) is 69.9 Å². The molecule has 0 aromatic heterocycles. The van der Waals surface area contributed by atoms with Crippen molar-refractivity contribution in [2.75, 3.05) is 13.1 Å². The van der Waals surface area contributed by atoms with Crippen LogP contribution in [0.2, 0.25) is 0 Å². The van der Waals surface area contributed by atoms with Gasteiger partial charge in [-0.2, -0.15) is 0 Å². The highest BCUT2D eigenvalue weighted by Gasteiger charge is 2.34. The lowest BCUT2D eigenvalue weighted by molar-refractivity contribution is 0.250. The van der Waals surface area contributed by atoms with E-state index in [0.717, 1.165) is 23.9 Å². The second kappa shape index (κ2) is 6.90. The fraction of sp³-hybridized carbons (Fsp3) is 0.882. The van der Waals surface area contributed by atoms with E-state index in [-0.39, 0.29) is 0 Å². The average Bonchev–Trinajstić information content (AvgIpc) is 2.95.